The van der Waals surface area contributed by atoms with E-state index < -0.39 is 5.91 Å². The number of nitrogen functional groups attached to an aromatic ring is 1. The van der Waals surface area contributed by atoms with Crippen molar-refractivity contribution in [3.63, 3.8) is 0 Å². The van der Waals surface area contributed by atoms with Gasteiger partial charge in [-0.1, -0.05) is 6.07 Å². The summed E-state index contributed by atoms with van der Waals surface area (Å²) >= 11 is 0. The monoisotopic (exact) mass is 264 g/mol. The van der Waals surface area contributed by atoms with Crippen LogP contribution >= 0.6 is 0 Å². The molecule has 0 unspecified atom stereocenters. The van der Waals surface area contributed by atoms with Gasteiger partial charge >= 0.3 is 0 Å². The van der Waals surface area contributed by atoms with Crippen LogP contribution in [0.3, 0.4) is 0 Å². The topological polar surface area (TPSA) is 95.8 Å². The number of primary amides is 1. The van der Waals surface area contributed by atoms with E-state index in [0.29, 0.717) is 17.8 Å². The van der Waals surface area contributed by atoms with Gasteiger partial charge in [0.05, 0.1) is 23.5 Å². The van der Waals surface area contributed by atoms with Crippen molar-refractivity contribution in [2.24, 2.45) is 5.73 Å². The van der Waals surface area contributed by atoms with Gasteiger partial charge in [-0.15, -0.1) is 0 Å². The highest BCUT2D eigenvalue weighted by atomic mass is 16.3. The zero-order valence-electron chi connectivity index (χ0n) is 10.9. The molecule has 1 amide bonds. The molecule has 1 saturated heterocycles. The zero-order valence-corrected chi connectivity index (χ0v) is 10.9. The molecule has 5 N–H and O–H groups in total. The predicted octanol–water partition coefficient (Wildman–Crippen LogP) is -0.518. The van der Waals surface area contributed by atoms with E-state index in [1.165, 1.54) is 0 Å². The van der Waals surface area contributed by atoms with E-state index in [9.17, 15) is 4.79 Å². The lowest BCUT2D eigenvalue weighted by Crippen LogP contribution is -2.47. The molecule has 1 aliphatic heterocycles. The second-order valence-electron chi connectivity index (χ2n) is 4.65. The molecule has 0 radical (unpaired) electrons. The largest absolute Gasteiger partial charge is 0.396 e. The molecular formula is C13H20N4O2. The highest BCUT2D eigenvalue weighted by molar-refractivity contribution is 6.00. The number of aliphatic hydroxyl groups excluding tert-OH is 1. The molecule has 0 saturated carbocycles. The average Bonchev–Trinajstić information content (AvgIpc) is 2.40. The molecule has 1 aromatic carbocycles. The van der Waals surface area contributed by atoms with Crippen LogP contribution < -0.4 is 16.4 Å². The highest BCUT2D eigenvalue weighted by Gasteiger charge is 2.20. The van der Waals surface area contributed by atoms with Crippen LogP contribution in [0.2, 0.25) is 0 Å². The number of amides is 1. The Morgan fingerprint density at radius 1 is 1.26 bits per heavy atom. The van der Waals surface area contributed by atoms with Gasteiger partial charge in [-0.3, -0.25) is 9.69 Å². The number of carbonyl (C=O) groups excluding carboxylic acids is 1. The summed E-state index contributed by atoms with van der Waals surface area (Å²) in [4.78, 5) is 15.6. The molecule has 0 atom stereocenters. The third-order valence-corrected chi connectivity index (χ3v) is 3.48. The number of anilines is 2. The first-order valence-corrected chi connectivity index (χ1v) is 6.40. The van der Waals surface area contributed by atoms with Gasteiger partial charge < -0.3 is 21.5 Å². The minimum absolute atomic E-state index is 0.180. The first-order valence-electron chi connectivity index (χ1n) is 6.40. The van der Waals surface area contributed by atoms with Crippen molar-refractivity contribution in [3.8, 4) is 0 Å². The Hall–Kier alpha value is -1.79. The Bertz CT molecular complexity index is 456. The molecule has 0 aliphatic carbocycles. The maximum atomic E-state index is 11.3. The lowest BCUT2D eigenvalue weighted by molar-refractivity contribution is 0.100. The maximum Gasteiger partial charge on any atom is 0.250 e. The number of rotatable bonds is 4. The van der Waals surface area contributed by atoms with Crippen LogP contribution in [0.25, 0.3) is 0 Å². The summed E-state index contributed by atoms with van der Waals surface area (Å²) < 4.78 is 0. The first kappa shape index (κ1) is 13.6. The van der Waals surface area contributed by atoms with Crippen LogP contribution in [0.5, 0.6) is 0 Å². The van der Waals surface area contributed by atoms with Gasteiger partial charge in [-0.25, -0.2) is 0 Å². The van der Waals surface area contributed by atoms with Gasteiger partial charge in [-0.2, -0.15) is 0 Å². The molecule has 6 nitrogen and oxygen atoms in total. The van der Waals surface area contributed by atoms with Crippen molar-refractivity contribution in [2.45, 2.75) is 0 Å². The number of β-amino-alcohol motifs (C(OH)–C–C–N with tert-alkyl or cyclic N) is 1. The van der Waals surface area contributed by atoms with Crippen LogP contribution in [0.15, 0.2) is 18.2 Å². The van der Waals surface area contributed by atoms with Crippen LogP contribution in [-0.4, -0.2) is 55.2 Å². The highest BCUT2D eigenvalue weighted by Crippen LogP contribution is 2.27. The lowest BCUT2D eigenvalue weighted by Gasteiger charge is -2.36. The minimum Gasteiger partial charge on any atom is -0.396 e. The number of piperazine rings is 1. The number of carbonyl (C=O) groups is 1. The smallest absolute Gasteiger partial charge is 0.250 e. The van der Waals surface area contributed by atoms with Crippen LogP contribution in [-0.2, 0) is 0 Å². The second-order valence-corrected chi connectivity index (χ2v) is 4.65. The van der Waals surface area contributed by atoms with E-state index >= 15 is 0 Å². The van der Waals surface area contributed by atoms with Gasteiger partial charge in [0.2, 0.25) is 0 Å². The van der Waals surface area contributed by atoms with Gasteiger partial charge in [0.1, 0.15) is 0 Å². The summed E-state index contributed by atoms with van der Waals surface area (Å²) in [7, 11) is 0. The van der Waals surface area contributed by atoms with Crippen molar-refractivity contribution >= 4 is 17.3 Å². The molecule has 0 bridgehead atoms. The van der Waals surface area contributed by atoms with Crippen LogP contribution in [0, 0.1) is 0 Å². The van der Waals surface area contributed by atoms with Crippen molar-refractivity contribution in [2.75, 3.05) is 50.0 Å². The van der Waals surface area contributed by atoms with E-state index in [0.717, 1.165) is 31.9 Å². The summed E-state index contributed by atoms with van der Waals surface area (Å²) in [6, 6.07) is 5.35. The molecular weight excluding hydrogens is 244 g/mol. The molecule has 1 heterocycles. The molecule has 19 heavy (non-hydrogen) atoms. The second kappa shape index (κ2) is 5.90. The third kappa shape index (κ3) is 2.97. The fraction of sp³-hybridized carbons (Fsp3) is 0.462. The van der Waals surface area contributed by atoms with E-state index in [1.54, 1.807) is 12.1 Å². The predicted molar refractivity (Wildman–Crippen MR) is 75.1 cm³/mol. The molecule has 104 valence electrons. The SMILES string of the molecule is NC(=O)c1cccc(N2CCN(CCO)CC2)c1N. The standard InChI is InChI=1S/C13H20N4O2/c14-12-10(13(15)19)2-1-3-11(12)17-6-4-16(5-7-17)8-9-18/h1-3,18H,4-9,14H2,(H2,15,19). The molecule has 2 rings (SSSR count). The number of para-hydroxylation sites is 1. The number of nitrogens with zero attached hydrogens (tertiary/aromatic N) is 2. The number of hydrogen-bond acceptors (Lipinski definition) is 5. The van der Waals surface area contributed by atoms with Gasteiger partial charge in [0, 0.05) is 32.7 Å². The summed E-state index contributed by atoms with van der Waals surface area (Å²) in [5, 5.41) is 8.92. The Morgan fingerprint density at radius 2 is 1.95 bits per heavy atom. The number of hydrogen-bond donors (Lipinski definition) is 3. The van der Waals surface area contributed by atoms with E-state index in [2.05, 4.69) is 9.80 Å². The van der Waals surface area contributed by atoms with Crippen molar-refractivity contribution in [3.05, 3.63) is 23.8 Å². The maximum absolute atomic E-state index is 11.3. The summed E-state index contributed by atoms with van der Waals surface area (Å²) in [6.07, 6.45) is 0. The Morgan fingerprint density at radius 3 is 2.53 bits per heavy atom. The third-order valence-electron chi connectivity index (χ3n) is 3.48. The summed E-state index contributed by atoms with van der Waals surface area (Å²) in [5.74, 6) is -0.502. The molecule has 1 aliphatic rings. The van der Waals surface area contributed by atoms with Gasteiger partial charge in [0.15, 0.2) is 0 Å². The fourth-order valence-electron chi connectivity index (χ4n) is 2.40. The molecule has 0 aromatic heterocycles. The van der Waals surface area contributed by atoms with E-state index in [-0.39, 0.29) is 6.61 Å². The summed E-state index contributed by atoms with van der Waals surface area (Å²) in [6.45, 7) is 4.28. The Balaban J connectivity index is 2.11. The van der Waals surface area contributed by atoms with Gasteiger partial charge in [0.25, 0.3) is 5.91 Å². The number of benzene rings is 1. The summed E-state index contributed by atoms with van der Waals surface area (Å²) in [5.41, 5.74) is 13.0. The lowest BCUT2D eigenvalue weighted by atomic mass is 10.1. The fourth-order valence-corrected chi connectivity index (χ4v) is 2.40. The average molecular weight is 264 g/mol. The van der Waals surface area contributed by atoms with E-state index in [4.69, 9.17) is 16.6 Å². The molecule has 0 spiro atoms. The Kier molecular flexibility index (Phi) is 4.24. The van der Waals surface area contributed by atoms with Gasteiger partial charge in [-0.05, 0) is 12.1 Å². The molecule has 1 aromatic rings. The molecule has 6 heteroatoms. The van der Waals surface area contributed by atoms with Crippen LogP contribution in [0.1, 0.15) is 10.4 Å². The van der Waals surface area contributed by atoms with Crippen molar-refractivity contribution in [1.82, 2.24) is 4.90 Å². The first-order chi connectivity index (χ1) is 9.13. The quantitative estimate of drug-likeness (QED) is 0.636. The normalized spacial score (nSPS) is 16.6. The Labute approximate surface area is 112 Å². The molecule has 1 fully saturated rings. The van der Waals surface area contributed by atoms with Crippen LogP contribution in [0.4, 0.5) is 11.4 Å². The number of nitrogens with two attached hydrogens (primary N) is 2. The van der Waals surface area contributed by atoms with E-state index in [1.807, 2.05) is 6.07 Å². The van der Waals surface area contributed by atoms with Crippen molar-refractivity contribution in [1.29, 1.82) is 0 Å². The zero-order chi connectivity index (χ0) is 13.8. The van der Waals surface area contributed by atoms with Crippen molar-refractivity contribution < 1.29 is 9.90 Å². The minimum atomic E-state index is -0.502. The number of aliphatic hydroxyl groups is 1.